The number of nitrogens with one attached hydrogen (secondary N) is 1. The van der Waals surface area contributed by atoms with E-state index in [0.29, 0.717) is 12.6 Å². The summed E-state index contributed by atoms with van der Waals surface area (Å²) in [5.41, 5.74) is 2.00. The number of rotatable bonds is 4. The molecule has 7 nitrogen and oxygen atoms in total. The fourth-order valence-corrected chi connectivity index (χ4v) is 3.41. The molecule has 1 amide bonds. The average molecular weight is 340 g/mol. The zero-order valence-electron chi connectivity index (χ0n) is 14.8. The normalized spacial score (nSPS) is 20.6. The predicted molar refractivity (Wildman–Crippen MR) is 94.7 cm³/mol. The molecule has 0 spiro atoms. The Hall–Kier alpha value is -2.44. The van der Waals surface area contributed by atoms with Gasteiger partial charge in [0.2, 0.25) is 5.91 Å². The first-order valence-electron chi connectivity index (χ1n) is 9.03. The number of anilines is 1. The van der Waals surface area contributed by atoms with Crippen molar-refractivity contribution in [3.63, 3.8) is 0 Å². The van der Waals surface area contributed by atoms with Gasteiger partial charge in [-0.15, -0.1) is 10.2 Å². The van der Waals surface area contributed by atoms with E-state index in [1.54, 1.807) is 4.68 Å². The van der Waals surface area contributed by atoms with Crippen LogP contribution in [0, 0.1) is 19.8 Å². The summed E-state index contributed by atoms with van der Waals surface area (Å²) in [6, 6.07) is 6.35. The molecular formula is C18H24N6O. The Labute approximate surface area is 147 Å². The average Bonchev–Trinajstić information content (AvgIpc) is 3.37. The summed E-state index contributed by atoms with van der Waals surface area (Å²) in [6.07, 6.45) is 4.21. The molecule has 2 aromatic heterocycles. The Morgan fingerprint density at radius 3 is 2.56 bits per heavy atom. The van der Waals surface area contributed by atoms with Crippen LogP contribution in [-0.4, -0.2) is 45.0 Å². The highest BCUT2D eigenvalue weighted by atomic mass is 16.2. The van der Waals surface area contributed by atoms with E-state index in [1.807, 2.05) is 32.0 Å². The van der Waals surface area contributed by atoms with Gasteiger partial charge in [-0.25, -0.2) is 4.68 Å². The van der Waals surface area contributed by atoms with Crippen molar-refractivity contribution in [3.05, 3.63) is 29.6 Å². The Kier molecular flexibility index (Phi) is 4.15. The van der Waals surface area contributed by atoms with E-state index in [-0.39, 0.29) is 11.8 Å². The second-order valence-electron chi connectivity index (χ2n) is 7.16. The molecule has 3 heterocycles. The fraction of sp³-hybridized carbons (Fsp3) is 0.556. The highest BCUT2D eigenvalue weighted by Crippen LogP contribution is 2.24. The molecule has 4 rings (SSSR count). The second kappa shape index (κ2) is 6.46. The van der Waals surface area contributed by atoms with Crippen LogP contribution in [0.3, 0.4) is 0 Å². The molecule has 2 aromatic rings. The van der Waals surface area contributed by atoms with Crippen LogP contribution in [-0.2, 0) is 4.79 Å². The Morgan fingerprint density at radius 2 is 1.92 bits per heavy atom. The predicted octanol–water partition coefficient (Wildman–Crippen LogP) is 1.77. The largest absolute Gasteiger partial charge is 0.354 e. The molecular weight excluding hydrogens is 316 g/mol. The number of hydrogen-bond acceptors (Lipinski definition) is 5. The first kappa shape index (κ1) is 16.1. The van der Waals surface area contributed by atoms with Gasteiger partial charge in [0.15, 0.2) is 11.6 Å². The molecule has 2 aliphatic rings. The SMILES string of the molecule is Cc1cc(C)n(-c2ccc(N3CCC[C@H](C(=O)NC4CC4)C3)nn2)n1. The van der Waals surface area contributed by atoms with Crippen LogP contribution < -0.4 is 10.2 Å². The lowest BCUT2D eigenvalue weighted by atomic mass is 9.97. The molecule has 1 atom stereocenters. The van der Waals surface area contributed by atoms with E-state index in [2.05, 4.69) is 25.5 Å². The van der Waals surface area contributed by atoms with Gasteiger partial charge in [0.05, 0.1) is 11.6 Å². The molecule has 1 aliphatic carbocycles. The Bertz CT molecular complexity index is 764. The van der Waals surface area contributed by atoms with Gasteiger partial charge in [-0.3, -0.25) is 4.79 Å². The van der Waals surface area contributed by atoms with Gasteiger partial charge in [-0.1, -0.05) is 0 Å². The standard InChI is InChI=1S/C18H24N6O/c1-12-10-13(2)24(22-12)17-8-7-16(20-21-17)23-9-3-4-14(11-23)18(25)19-15-5-6-15/h7-8,10,14-15H,3-6,9,11H2,1-2H3,(H,19,25)/t14-/m0/s1. The van der Waals surface area contributed by atoms with E-state index < -0.39 is 0 Å². The number of aryl methyl sites for hydroxylation is 2. The zero-order chi connectivity index (χ0) is 17.4. The molecule has 1 saturated carbocycles. The van der Waals surface area contributed by atoms with Gasteiger partial charge in [-0.2, -0.15) is 5.10 Å². The molecule has 0 bridgehead atoms. The minimum absolute atomic E-state index is 0.0480. The number of hydrogen-bond donors (Lipinski definition) is 1. The van der Waals surface area contributed by atoms with E-state index in [0.717, 1.165) is 55.3 Å². The monoisotopic (exact) mass is 340 g/mol. The number of aromatic nitrogens is 4. The fourth-order valence-electron chi connectivity index (χ4n) is 3.41. The first-order valence-corrected chi connectivity index (χ1v) is 9.03. The number of piperidine rings is 1. The number of amides is 1. The minimum Gasteiger partial charge on any atom is -0.354 e. The molecule has 0 aromatic carbocycles. The van der Waals surface area contributed by atoms with Crippen molar-refractivity contribution in [2.45, 2.75) is 45.6 Å². The minimum atomic E-state index is 0.0480. The summed E-state index contributed by atoms with van der Waals surface area (Å²) >= 11 is 0. The Morgan fingerprint density at radius 1 is 1.16 bits per heavy atom. The maximum absolute atomic E-state index is 12.3. The quantitative estimate of drug-likeness (QED) is 0.918. The van der Waals surface area contributed by atoms with Crippen LogP contribution in [0.2, 0.25) is 0 Å². The molecule has 1 N–H and O–H groups in total. The van der Waals surface area contributed by atoms with Crippen LogP contribution in [0.25, 0.3) is 5.82 Å². The summed E-state index contributed by atoms with van der Waals surface area (Å²) in [5.74, 6) is 1.79. The number of carbonyl (C=O) groups excluding carboxylic acids is 1. The second-order valence-corrected chi connectivity index (χ2v) is 7.16. The lowest BCUT2D eigenvalue weighted by Crippen LogP contribution is -2.44. The van der Waals surface area contributed by atoms with Crippen LogP contribution in [0.15, 0.2) is 18.2 Å². The molecule has 0 unspecified atom stereocenters. The molecule has 1 aliphatic heterocycles. The van der Waals surface area contributed by atoms with E-state index in [1.165, 1.54) is 0 Å². The van der Waals surface area contributed by atoms with E-state index in [4.69, 9.17) is 0 Å². The molecule has 132 valence electrons. The third-order valence-corrected chi connectivity index (χ3v) is 4.90. The van der Waals surface area contributed by atoms with E-state index >= 15 is 0 Å². The summed E-state index contributed by atoms with van der Waals surface area (Å²) in [4.78, 5) is 14.5. The molecule has 25 heavy (non-hydrogen) atoms. The van der Waals surface area contributed by atoms with Crippen molar-refractivity contribution < 1.29 is 4.79 Å². The molecule has 7 heteroatoms. The van der Waals surface area contributed by atoms with E-state index in [9.17, 15) is 4.79 Å². The highest BCUT2D eigenvalue weighted by Gasteiger charge is 2.30. The highest BCUT2D eigenvalue weighted by molar-refractivity contribution is 5.80. The lowest BCUT2D eigenvalue weighted by Gasteiger charge is -2.32. The van der Waals surface area contributed by atoms with Gasteiger partial charge < -0.3 is 10.2 Å². The zero-order valence-corrected chi connectivity index (χ0v) is 14.8. The Balaban J connectivity index is 1.45. The maximum Gasteiger partial charge on any atom is 0.225 e. The van der Waals surface area contributed by atoms with Crippen LogP contribution in [0.4, 0.5) is 5.82 Å². The van der Waals surface area contributed by atoms with Gasteiger partial charge in [0.25, 0.3) is 0 Å². The topological polar surface area (TPSA) is 75.9 Å². The third kappa shape index (κ3) is 3.50. The first-order chi connectivity index (χ1) is 12.1. The number of nitrogens with zero attached hydrogens (tertiary/aromatic N) is 5. The van der Waals surface area contributed by atoms with Crippen molar-refractivity contribution in [1.29, 1.82) is 0 Å². The van der Waals surface area contributed by atoms with Gasteiger partial charge in [-0.05, 0) is 57.7 Å². The van der Waals surface area contributed by atoms with Gasteiger partial charge in [0, 0.05) is 24.8 Å². The van der Waals surface area contributed by atoms with Gasteiger partial charge >= 0.3 is 0 Å². The molecule has 0 radical (unpaired) electrons. The van der Waals surface area contributed by atoms with Crippen LogP contribution in [0.1, 0.15) is 37.1 Å². The van der Waals surface area contributed by atoms with Crippen molar-refractivity contribution in [3.8, 4) is 5.82 Å². The summed E-state index contributed by atoms with van der Waals surface area (Å²) in [7, 11) is 0. The van der Waals surface area contributed by atoms with Crippen molar-refractivity contribution in [2.24, 2.45) is 5.92 Å². The third-order valence-electron chi connectivity index (χ3n) is 4.90. The lowest BCUT2D eigenvalue weighted by molar-refractivity contribution is -0.125. The van der Waals surface area contributed by atoms with Gasteiger partial charge in [0.1, 0.15) is 0 Å². The number of carbonyl (C=O) groups is 1. The van der Waals surface area contributed by atoms with Crippen molar-refractivity contribution >= 4 is 11.7 Å². The van der Waals surface area contributed by atoms with Crippen LogP contribution >= 0.6 is 0 Å². The summed E-state index contributed by atoms with van der Waals surface area (Å²) in [6.45, 7) is 5.60. The maximum atomic E-state index is 12.3. The summed E-state index contributed by atoms with van der Waals surface area (Å²) in [5, 5.41) is 16.3. The molecule has 1 saturated heterocycles. The summed E-state index contributed by atoms with van der Waals surface area (Å²) < 4.78 is 1.80. The van der Waals surface area contributed by atoms with Crippen molar-refractivity contribution in [2.75, 3.05) is 18.0 Å². The van der Waals surface area contributed by atoms with Crippen molar-refractivity contribution in [1.82, 2.24) is 25.3 Å². The molecule has 2 fully saturated rings. The van der Waals surface area contributed by atoms with Crippen LogP contribution in [0.5, 0.6) is 0 Å². The smallest absolute Gasteiger partial charge is 0.225 e.